The molecule has 0 aliphatic heterocycles. The molecule has 0 heterocycles. The van der Waals surface area contributed by atoms with Crippen molar-refractivity contribution in [3.8, 4) is 0 Å². The van der Waals surface area contributed by atoms with Crippen LogP contribution in [0.2, 0.25) is 0 Å². The molecular formula is C79H154O17P2. The number of aliphatic hydroxyl groups excluding tert-OH is 1. The van der Waals surface area contributed by atoms with Crippen LogP contribution in [0.1, 0.15) is 402 Å². The zero-order valence-corrected chi connectivity index (χ0v) is 66.2. The van der Waals surface area contributed by atoms with E-state index in [1.54, 1.807) is 0 Å². The minimum atomic E-state index is -4.96. The Morgan fingerprint density at radius 1 is 0.286 bits per heavy atom. The van der Waals surface area contributed by atoms with Crippen LogP contribution in [0.4, 0.5) is 0 Å². The predicted octanol–water partition coefficient (Wildman–Crippen LogP) is 23.2. The van der Waals surface area contributed by atoms with E-state index in [1.165, 1.54) is 199 Å². The molecule has 0 bridgehead atoms. The summed E-state index contributed by atoms with van der Waals surface area (Å²) in [5.41, 5.74) is 0. The number of hydrogen-bond donors (Lipinski definition) is 3. The highest BCUT2D eigenvalue weighted by molar-refractivity contribution is 7.47. The summed E-state index contributed by atoms with van der Waals surface area (Å²) < 4.78 is 68.6. The van der Waals surface area contributed by atoms with Crippen LogP contribution in [0, 0.1) is 23.7 Å². The van der Waals surface area contributed by atoms with Crippen molar-refractivity contribution in [2.24, 2.45) is 23.7 Å². The average molecular weight is 1440 g/mol. The van der Waals surface area contributed by atoms with Crippen molar-refractivity contribution >= 4 is 39.5 Å². The van der Waals surface area contributed by atoms with E-state index in [4.69, 9.17) is 37.0 Å². The highest BCUT2D eigenvalue weighted by Crippen LogP contribution is 2.45. The summed E-state index contributed by atoms with van der Waals surface area (Å²) in [7, 11) is -9.92. The maximum absolute atomic E-state index is 13.1. The van der Waals surface area contributed by atoms with Crippen molar-refractivity contribution < 1.29 is 80.2 Å². The van der Waals surface area contributed by atoms with Gasteiger partial charge in [0.15, 0.2) is 12.2 Å². The van der Waals surface area contributed by atoms with Gasteiger partial charge in [0.05, 0.1) is 26.4 Å². The van der Waals surface area contributed by atoms with Crippen LogP contribution in [0.5, 0.6) is 0 Å². The number of rotatable bonds is 76. The van der Waals surface area contributed by atoms with Crippen molar-refractivity contribution in [1.82, 2.24) is 0 Å². The summed E-state index contributed by atoms with van der Waals surface area (Å²) in [6, 6.07) is 0. The topological polar surface area (TPSA) is 237 Å². The Morgan fingerprint density at radius 3 is 0.724 bits per heavy atom. The number of unbranched alkanes of at least 4 members (excludes halogenated alkanes) is 41. The molecule has 0 aromatic carbocycles. The predicted molar refractivity (Wildman–Crippen MR) is 400 cm³/mol. The second-order valence-corrected chi connectivity index (χ2v) is 33.0. The van der Waals surface area contributed by atoms with E-state index in [0.717, 1.165) is 114 Å². The monoisotopic (exact) mass is 1440 g/mol. The summed E-state index contributed by atoms with van der Waals surface area (Å²) in [4.78, 5) is 72.9. The highest BCUT2D eigenvalue weighted by atomic mass is 31.2. The third-order valence-electron chi connectivity index (χ3n) is 18.7. The van der Waals surface area contributed by atoms with Gasteiger partial charge in [-0.1, -0.05) is 351 Å². The van der Waals surface area contributed by atoms with E-state index in [0.29, 0.717) is 31.6 Å². The van der Waals surface area contributed by atoms with E-state index in [2.05, 4.69) is 55.4 Å². The zero-order valence-electron chi connectivity index (χ0n) is 64.4. The molecule has 0 saturated heterocycles. The molecular weight excluding hydrogens is 1280 g/mol. The van der Waals surface area contributed by atoms with Gasteiger partial charge in [0, 0.05) is 25.7 Å². The fourth-order valence-electron chi connectivity index (χ4n) is 12.0. The first-order chi connectivity index (χ1) is 47.1. The molecule has 0 aromatic heterocycles. The second-order valence-electron chi connectivity index (χ2n) is 30.1. The maximum Gasteiger partial charge on any atom is 0.472 e. The van der Waals surface area contributed by atoms with E-state index >= 15 is 0 Å². The quantitative estimate of drug-likeness (QED) is 0.0222. The molecule has 17 nitrogen and oxygen atoms in total. The number of carbonyl (C=O) groups excluding carboxylic acids is 4. The lowest BCUT2D eigenvalue weighted by Crippen LogP contribution is -2.30. The van der Waals surface area contributed by atoms with Gasteiger partial charge in [0.1, 0.15) is 19.3 Å². The van der Waals surface area contributed by atoms with Gasteiger partial charge in [0.25, 0.3) is 0 Å². The maximum atomic E-state index is 13.1. The molecule has 0 radical (unpaired) electrons. The minimum Gasteiger partial charge on any atom is -0.462 e. The Hall–Kier alpha value is -1.94. The lowest BCUT2D eigenvalue weighted by Gasteiger charge is -2.21. The second kappa shape index (κ2) is 68.2. The van der Waals surface area contributed by atoms with E-state index < -0.39 is 97.5 Å². The van der Waals surface area contributed by atoms with E-state index in [1.807, 2.05) is 0 Å². The Balaban J connectivity index is 5.21. The van der Waals surface area contributed by atoms with Crippen molar-refractivity contribution in [3.05, 3.63) is 0 Å². The normalized spacial score (nSPS) is 14.3. The van der Waals surface area contributed by atoms with Crippen molar-refractivity contribution in [1.29, 1.82) is 0 Å². The number of phosphoric acid groups is 2. The molecule has 0 rings (SSSR count). The average Bonchev–Trinajstić information content (AvgIpc) is 1.11. The zero-order chi connectivity index (χ0) is 72.4. The molecule has 0 fully saturated rings. The van der Waals surface area contributed by atoms with Gasteiger partial charge in [0.2, 0.25) is 0 Å². The van der Waals surface area contributed by atoms with Crippen molar-refractivity contribution in [2.75, 3.05) is 39.6 Å². The Kier molecular flexibility index (Phi) is 66.8. The van der Waals surface area contributed by atoms with Crippen LogP contribution >= 0.6 is 15.6 Å². The number of carbonyl (C=O) groups is 4. The summed E-state index contributed by atoms with van der Waals surface area (Å²) in [5, 5.41) is 10.6. The van der Waals surface area contributed by atoms with Gasteiger partial charge in [-0.05, 0) is 49.4 Å². The summed E-state index contributed by atoms with van der Waals surface area (Å²) in [5.74, 6) is 0.975. The molecule has 0 amide bonds. The van der Waals surface area contributed by atoms with Gasteiger partial charge in [-0.15, -0.1) is 0 Å². The number of phosphoric ester groups is 2. The Morgan fingerprint density at radius 2 is 0.490 bits per heavy atom. The van der Waals surface area contributed by atoms with Crippen LogP contribution < -0.4 is 0 Å². The summed E-state index contributed by atoms with van der Waals surface area (Å²) in [6.07, 6.45) is 54.2. The summed E-state index contributed by atoms with van der Waals surface area (Å²) >= 11 is 0. The first-order valence-electron chi connectivity index (χ1n) is 40.7. The Bertz CT molecular complexity index is 1920. The molecule has 4 unspecified atom stereocenters. The van der Waals surface area contributed by atoms with Gasteiger partial charge in [-0.25, -0.2) is 9.13 Å². The van der Waals surface area contributed by atoms with Gasteiger partial charge in [-0.3, -0.25) is 37.3 Å². The molecule has 19 heteroatoms. The molecule has 0 saturated carbocycles. The van der Waals surface area contributed by atoms with Crippen LogP contribution in [0.25, 0.3) is 0 Å². The molecule has 0 aliphatic carbocycles. The first-order valence-corrected chi connectivity index (χ1v) is 43.7. The fraction of sp³-hybridized carbons (Fsp3) is 0.949. The lowest BCUT2D eigenvalue weighted by atomic mass is 9.99. The summed E-state index contributed by atoms with van der Waals surface area (Å²) in [6.45, 7) is 14.2. The molecule has 0 spiro atoms. The van der Waals surface area contributed by atoms with Gasteiger partial charge < -0.3 is 33.8 Å². The van der Waals surface area contributed by atoms with Crippen LogP contribution in [-0.4, -0.2) is 96.7 Å². The standard InChI is InChI=1S/C79H154O17P2/c1-9-72(8)58-50-42-34-26-20-16-13-14-18-22-28-36-45-53-61-78(83)95-75(66-90-77(82)60-52-44-38-30-33-41-49-57-71(6)7)68-94-98(87,88)92-64-73(80)63-91-97(85,86)93-67-74(96-79(84)62-54-46-37-29-23-25-32-40-48-56-70(4)5)65-89-76(81)59-51-43-35-27-21-17-12-10-11-15-19-24-31-39-47-55-69(2)3/h69-75,80H,9-68H2,1-8H3,(H,85,86)(H,87,88)/t72?,73?,74-,75-/m1/s1. The van der Waals surface area contributed by atoms with Crippen LogP contribution in [0.15, 0.2) is 0 Å². The van der Waals surface area contributed by atoms with Crippen molar-refractivity contribution in [2.45, 2.75) is 420 Å². The SMILES string of the molecule is CCC(C)CCCCCCCCCCCCCCCCC(=O)O[C@H](COC(=O)CCCCCCCCCC(C)C)COP(=O)(O)OCC(O)COP(=O)(O)OC[C@@H](COC(=O)CCCCCCCCCCCCCCCCCC(C)C)OC(=O)CCCCCCCCCCCC(C)C. The molecule has 6 atom stereocenters. The van der Waals surface area contributed by atoms with E-state index in [-0.39, 0.29) is 25.7 Å². The molecule has 582 valence electrons. The first kappa shape index (κ1) is 96.1. The largest absolute Gasteiger partial charge is 0.472 e. The molecule has 0 aliphatic rings. The number of esters is 4. The number of ether oxygens (including phenoxy) is 4. The minimum absolute atomic E-state index is 0.105. The van der Waals surface area contributed by atoms with Crippen LogP contribution in [-0.2, 0) is 65.4 Å². The van der Waals surface area contributed by atoms with Crippen molar-refractivity contribution in [3.63, 3.8) is 0 Å². The fourth-order valence-corrected chi connectivity index (χ4v) is 13.6. The third-order valence-corrected chi connectivity index (χ3v) is 20.6. The van der Waals surface area contributed by atoms with E-state index in [9.17, 15) is 43.2 Å². The van der Waals surface area contributed by atoms with Gasteiger partial charge >= 0.3 is 39.5 Å². The smallest absolute Gasteiger partial charge is 0.462 e. The highest BCUT2D eigenvalue weighted by Gasteiger charge is 2.30. The lowest BCUT2D eigenvalue weighted by molar-refractivity contribution is -0.161. The van der Waals surface area contributed by atoms with Gasteiger partial charge in [-0.2, -0.15) is 0 Å². The third kappa shape index (κ3) is 71.1. The molecule has 3 N–H and O–H groups in total. The number of hydrogen-bond acceptors (Lipinski definition) is 15. The molecule has 98 heavy (non-hydrogen) atoms. The van der Waals surface area contributed by atoms with Crippen LogP contribution in [0.3, 0.4) is 0 Å². The molecule has 0 aromatic rings. The Labute approximate surface area is 600 Å². The number of aliphatic hydroxyl groups is 1.